The number of anilines is 1. The van der Waals surface area contributed by atoms with E-state index in [0.717, 1.165) is 62.4 Å². The van der Waals surface area contributed by atoms with Crippen LogP contribution < -0.4 is 9.64 Å². The molecule has 1 aromatic carbocycles. The van der Waals surface area contributed by atoms with Crippen LogP contribution in [0.5, 0.6) is 5.88 Å². The van der Waals surface area contributed by atoms with Crippen LogP contribution in [-0.4, -0.2) is 78.6 Å². The lowest BCUT2D eigenvalue weighted by Gasteiger charge is -2.38. The number of piperazine rings is 1. The standard InChI is InChI=1S/C21H29N5O2/c1-3-28-20-19(22-17-8-4-5-9-18(17)23-20)26-10-6-7-16(15-26)21(27)25-13-11-24(2)12-14-25/h4-5,8-9,16H,3,6-7,10-15H2,1-2H3/t16-/m0/s1. The second kappa shape index (κ2) is 8.31. The summed E-state index contributed by atoms with van der Waals surface area (Å²) in [6.07, 6.45) is 1.91. The molecule has 0 saturated carbocycles. The maximum absolute atomic E-state index is 13.1. The van der Waals surface area contributed by atoms with Crippen LogP contribution in [0.15, 0.2) is 24.3 Å². The van der Waals surface area contributed by atoms with Gasteiger partial charge in [0.1, 0.15) is 0 Å². The molecule has 2 fully saturated rings. The number of hydrogen-bond donors (Lipinski definition) is 0. The normalized spacial score (nSPS) is 21.1. The highest BCUT2D eigenvalue weighted by Gasteiger charge is 2.32. The first-order valence-corrected chi connectivity index (χ1v) is 10.3. The number of benzene rings is 1. The van der Waals surface area contributed by atoms with Crippen LogP contribution in [-0.2, 0) is 4.79 Å². The zero-order valence-electron chi connectivity index (χ0n) is 16.8. The molecule has 0 unspecified atom stereocenters. The Kier molecular flexibility index (Phi) is 5.62. The summed E-state index contributed by atoms with van der Waals surface area (Å²) in [5, 5.41) is 0. The number of amides is 1. The largest absolute Gasteiger partial charge is 0.475 e. The molecule has 2 aliphatic heterocycles. The molecule has 2 aliphatic rings. The molecule has 2 aromatic rings. The number of ether oxygens (including phenoxy) is 1. The summed E-state index contributed by atoms with van der Waals surface area (Å²) in [4.78, 5) is 29.1. The Balaban J connectivity index is 1.55. The minimum atomic E-state index is 0.0138. The van der Waals surface area contributed by atoms with E-state index < -0.39 is 0 Å². The van der Waals surface area contributed by atoms with E-state index in [1.54, 1.807) is 0 Å². The number of piperidine rings is 1. The first-order chi connectivity index (χ1) is 13.7. The van der Waals surface area contributed by atoms with Crippen molar-refractivity contribution in [2.75, 3.05) is 57.8 Å². The number of para-hydroxylation sites is 2. The highest BCUT2D eigenvalue weighted by molar-refractivity contribution is 5.81. The monoisotopic (exact) mass is 383 g/mol. The molecule has 0 aliphatic carbocycles. The van der Waals surface area contributed by atoms with Gasteiger partial charge in [-0.2, -0.15) is 0 Å². The number of nitrogens with zero attached hydrogens (tertiary/aromatic N) is 5. The second-order valence-corrected chi connectivity index (χ2v) is 7.69. The minimum absolute atomic E-state index is 0.0138. The molecule has 3 heterocycles. The van der Waals surface area contributed by atoms with E-state index in [-0.39, 0.29) is 11.8 Å². The summed E-state index contributed by atoms with van der Waals surface area (Å²) < 4.78 is 5.81. The van der Waals surface area contributed by atoms with E-state index in [9.17, 15) is 4.79 Å². The topological polar surface area (TPSA) is 61.8 Å². The third-order valence-corrected chi connectivity index (χ3v) is 5.69. The molecule has 7 heteroatoms. The van der Waals surface area contributed by atoms with Gasteiger partial charge in [-0.15, -0.1) is 0 Å². The Morgan fingerprint density at radius 2 is 1.82 bits per heavy atom. The molecular weight excluding hydrogens is 354 g/mol. The van der Waals surface area contributed by atoms with E-state index in [4.69, 9.17) is 9.72 Å². The maximum atomic E-state index is 13.1. The lowest BCUT2D eigenvalue weighted by Crippen LogP contribution is -2.51. The number of carbonyl (C=O) groups excluding carboxylic acids is 1. The highest BCUT2D eigenvalue weighted by atomic mass is 16.5. The molecule has 1 aromatic heterocycles. The van der Waals surface area contributed by atoms with E-state index in [1.165, 1.54) is 0 Å². The lowest BCUT2D eigenvalue weighted by atomic mass is 9.96. The Morgan fingerprint density at radius 1 is 1.11 bits per heavy atom. The van der Waals surface area contributed by atoms with Gasteiger partial charge in [0.15, 0.2) is 5.82 Å². The van der Waals surface area contributed by atoms with Gasteiger partial charge in [-0.05, 0) is 38.9 Å². The van der Waals surface area contributed by atoms with Gasteiger partial charge in [0.2, 0.25) is 5.91 Å². The highest BCUT2D eigenvalue weighted by Crippen LogP contribution is 2.31. The van der Waals surface area contributed by atoms with Crippen LogP contribution in [0, 0.1) is 5.92 Å². The van der Waals surface area contributed by atoms with Crippen LogP contribution in [0.4, 0.5) is 5.82 Å². The molecule has 150 valence electrons. The molecule has 0 bridgehead atoms. The predicted molar refractivity (Wildman–Crippen MR) is 110 cm³/mol. The molecule has 1 atom stereocenters. The molecule has 28 heavy (non-hydrogen) atoms. The van der Waals surface area contributed by atoms with E-state index in [2.05, 4.69) is 21.8 Å². The van der Waals surface area contributed by atoms with Gasteiger partial charge in [0.05, 0.1) is 23.6 Å². The summed E-state index contributed by atoms with van der Waals surface area (Å²) in [6, 6.07) is 7.85. The Bertz CT molecular complexity index is 835. The fourth-order valence-corrected chi connectivity index (χ4v) is 4.07. The quantitative estimate of drug-likeness (QED) is 0.805. The molecule has 4 rings (SSSR count). The fourth-order valence-electron chi connectivity index (χ4n) is 4.07. The molecule has 0 spiro atoms. The fraction of sp³-hybridized carbons (Fsp3) is 0.571. The van der Waals surface area contributed by atoms with E-state index >= 15 is 0 Å². The zero-order chi connectivity index (χ0) is 19.5. The van der Waals surface area contributed by atoms with E-state index in [1.807, 2.05) is 36.1 Å². The average molecular weight is 383 g/mol. The number of hydrogen-bond acceptors (Lipinski definition) is 6. The molecule has 0 radical (unpaired) electrons. The first kappa shape index (κ1) is 18.9. The smallest absolute Gasteiger partial charge is 0.258 e. The molecular formula is C21H29N5O2. The van der Waals surface area contributed by atoms with Crippen molar-refractivity contribution in [1.29, 1.82) is 0 Å². The van der Waals surface area contributed by atoms with Crippen molar-refractivity contribution in [3.8, 4) is 5.88 Å². The van der Waals surface area contributed by atoms with E-state index in [0.29, 0.717) is 19.0 Å². The van der Waals surface area contributed by atoms with Crippen molar-refractivity contribution in [3.63, 3.8) is 0 Å². The first-order valence-electron chi connectivity index (χ1n) is 10.3. The third-order valence-electron chi connectivity index (χ3n) is 5.69. The lowest BCUT2D eigenvalue weighted by molar-refractivity contribution is -0.137. The predicted octanol–water partition coefficient (Wildman–Crippen LogP) is 2.02. The minimum Gasteiger partial charge on any atom is -0.475 e. The molecule has 1 amide bonds. The van der Waals surface area contributed by atoms with Gasteiger partial charge in [-0.1, -0.05) is 12.1 Å². The van der Waals surface area contributed by atoms with Crippen molar-refractivity contribution in [3.05, 3.63) is 24.3 Å². The molecule has 2 saturated heterocycles. The average Bonchev–Trinajstić information content (AvgIpc) is 2.73. The molecule has 0 N–H and O–H groups in total. The SMILES string of the molecule is CCOc1nc2ccccc2nc1N1CCC[C@H](C(=O)N2CCN(C)CC2)C1. The zero-order valence-corrected chi connectivity index (χ0v) is 16.8. The Hall–Kier alpha value is -2.41. The van der Waals surface area contributed by atoms with Crippen molar-refractivity contribution >= 4 is 22.8 Å². The van der Waals surface area contributed by atoms with Crippen molar-refractivity contribution < 1.29 is 9.53 Å². The summed E-state index contributed by atoms with van der Waals surface area (Å²) in [5.41, 5.74) is 1.69. The number of fused-ring (bicyclic) bond motifs is 1. The van der Waals surface area contributed by atoms with Gasteiger partial charge in [0.25, 0.3) is 5.88 Å². The third kappa shape index (κ3) is 3.90. The van der Waals surface area contributed by atoms with Crippen LogP contribution in [0.25, 0.3) is 11.0 Å². The summed E-state index contributed by atoms with van der Waals surface area (Å²) >= 11 is 0. The van der Waals surface area contributed by atoms with Gasteiger partial charge < -0.3 is 19.4 Å². The Labute approximate surface area is 166 Å². The number of rotatable bonds is 4. The van der Waals surface area contributed by atoms with Gasteiger partial charge >= 0.3 is 0 Å². The summed E-state index contributed by atoms with van der Waals surface area (Å²) in [6.45, 7) is 7.60. The van der Waals surface area contributed by atoms with Gasteiger partial charge in [0, 0.05) is 39.3 Å². The van der Waals surface area contributed by atoms with Crippen LogP contribution >= 0.6 is 0 Å². The Morgan fingerprint density at radius 3 is 2.54 bits per heavy atom. The van der Waals surface area contributed by atoms with Gasteiger partial charge in [-0.3, -0.25) is 4.79 Å². The molecule has 7 nitrogen and oxygen atoms in total. The van der Waals surface area contributed by atoms with Crippen LogP contribution in [0.1, 0.15) is 19.8 Å². The van der Waals surface area contributed by atoms with Crippen molar-refractivity contribution in [1.82, 2.24) is 19.8 Å². The number of aromatic nitrogens is 2. The van der Waals surface area contributed by atoms with Gasteiger partial charge in [-0.25, -0.2) is 9.97 Å². The summed E-state index contributed by atoms with van der Waals surface area (Å²) in [5.74, 6) is 1.62. The van der Waals surface area contributed by atoms with Crippen molar-refractivity contribution in [2.45, 2.75) is 19.8 Å². The number of likely N-dealkylation sites (N-methyl/N-ethyl adjacent to an activating group) is 1. The van der Waals surface area contributed by atoms with Crippen LogP contribution in [0.3, 0.4) is 0 Å². The number of carbonyl (C=O) groups is 1. The summed E-state index contributed by atoms with van der Waals surface area (Å²) in [7, 11) is 2.11. The second-order valence-electron chi connectivity index (χ2n) is 7.69. The van der Waals surface area contributed by atoms with Crippen LogP contribution in [0.2, 0.25) is 0 Å². The van der Waals surface area contributed by atoms with Crippen molar-refractivity contribution in [2.24, 2.45) is 5.92 Å². The maximum Gasteiger partial charge on any atom is 0.258 e.